The number of hydrogen-bond donors (Lipinski definition) is 3. The van der Waals surface area contributed by atoms with E-state index in [4.69, 9.17) is 0 Å². The third-order valence-corrected chi connectivity index (χ3v) is 7.00. The number of carbonyl (C=O) groups is 1. The maximum Gasteiger partial charge on any atom is 0.217 e. The van der Waals surface area contributed by atoms with E-state index >= 15 is 0 Å². The van der Waals surface area contributed by atoms with Crippen molar-refractivity contribution in [2.45, 2.75) is 82.4 Å². The molecule has 1 aliphatic carbocycles. The minimum absolute atomic E-state index is 0.0932. The summed E-state index contributed by atoms with van der Waals surface area (Å²) in [5.41, 5.74) is 1.39. The number of aliphatic hydroxyl groups is 1. The van der Waals surface area contributed by atoms with E-state index in [9.17, 15) is 23.9 Å². The second-order valence-electron chi connectivity index (χ2n) is 10.2. The molecule has 0 aromatic heterocycles. The lowest BCUT2D eigenvalue weighted by atomic mass is 9.74. The molecule has 0 spiro atoms. The van der Waals surface area contributed by atoms with Crippen LogP contribution in [0.1, 0.15) is 69.6 Å². The first kappa shape index (κ1) is 26.8. The predicted molar refractivity (Wildman–Crippen MR) is 132 cm³/mol. The topological polar surface area (TPSA) is 85.2 Å². The van der Waals surface area contributed by atoms with E-state index < -0.39 is 29.2 Å². The van der Waals surface area contributed by atoms with Gasteiger partial charge in [-0.25, -0.2) is 8.78 Å². The quantitative estimate of drug-likeness (QED) is 0.486. The van der Waals surface area contributed by atoms with E-state index in [2.05, 4.69) is 28.8 Å². The average Bonchev–Trinajstić information content (AvgIpc) is 2.82. The monoisotopic (exact) mass is 483 g/mol. The first-order valence-electron chi connectivity index (χ1n) is 12.2. The smallest absolute Gasteiger partial charge is 0.217 e. The van der Waals surface area contributed by atoms with Crippen molar-refractivity contribution in [1.29, 1.82) is 5.26 Å². The number of nitriles is 1. The van der Waals surface area contributed by atoms with E-state index in [1.807, 2.05) is 26.0 Å². The average molecular weight is 484 g/mol. The summed E-state index contributed by atoms with van der Waals surface area (Å²) >= 11 is 0. The molecule has 0 heterocycles. The van der Waals surface area contributed by atoms with Crippen molar-refractivity contribution in [2.75, 3.05) is 6.54 Å². The number of nitrogens with zero attached hydrogens (tertiary/aromatic N) is 1. The largest absolute Gasteiger partial charge is 0.390 e. The number of carbonyl (C=O) groups excluding carboxylic acids is 1. The Morgan fingerprint density at radius 3 is 2.40 bits per heavy atom. The molecule has 0 bridgehead atoms. The van der Waals surface area contributed by atoms with Crippen molar-refractivity contribution < 1.29 is 18.7 Å². The summed E-state index contributed by atoms with van der Waals surface area (Å²) in [5, 5.41) is 27.0. The molecule has 7 heteroatoms. The van der Waals surface area contributed by atoms with Crippen molar-refractivity contribution in [3.63, 3.8) is 0 Å². The molecule has 0 radical (unpaired) electrons. The molecule has 2 aromatic rings. The Bertz CT molecular complexity index is 1050. The summed E-state index contributed by atoms with van der Waals surface area (Å²) < 4.78 is 27.4. The van der Waals surface area contributed by atoms with Gasteiger partial charge in [-0.1, -0.05) is 43.5 Å². The van der Waals surface area contributed by atoms with Gasteiger partial charge in [0.05, 0.1) is 23.6 Å². The number of halogens is 2. The van der Waals surface area contributed by atoms with Crippen LogP contribution in [0.5, 0.6) is 0 Å². The Morgan fingerprint density at radius 1 is 1.14 bits per heavy atom. The van der Waals surface area contributed by atoms with Crippen molar-refractivity contribution in [2.24, 2.45) is 0 Å². The Kier molecular flexibility index (Phi) is 8.63. The molecule has 35 heavy (non-hydrogen) atoms. The number of aliphatic hydroxyl groups excluding tert-OH is 1. The minimum Gasteiger partial charge on any atom is -0.390 e. The van der Waals surface area contributed by atoms with Crippen molar-refractivity contribution in [3.8, 4) is 6.07 Å². The fourth-order valence-corrected chi connectivity index (χ4v) is 4.96. The summed E-state index contributed by atoms with van der Waals surface area (Å²) in [4.78, 5) is 11.8. The maximum absolute atomic E-state index is 13.7. The Labute approximate surface area is 206 Å². The van der Waals surface area contributed by atoms with Crippen LogP contribution >= 0.6 is 0 Å². The summed E-state index contributed by atoms with van der Waals surface area (Å²) in [7, 11) is 0. The summed E-state index contributed by atoms with van der Waals surface area (Å²) in [5.74, 6) is -1.73. The second kappa shape index (κ2) is 11.3. The van der Waals surface area contributed by atoms with Crippen molar-refractivity contribution in [1.82, 2.24) is 10.6 Å². The number of rotatable bonds is 9. The Morgan fingerprint density at radius 2 is 1.80 bits per heavy atom. The van der Waals surface area contributed by atoms with E-state index in [0.717, 1.165) is 49.3 Å². The van der Waals surface area contributed by atoms with Gasteiger partial charge in [-0.05, 0) is 61.9 Å². The molecule has 0 aliphatic heterocycles. The molecular weight excluding hydrogens is 448 g/mol. The summed E-state index contributed by atoms with van der Waals surface area (Å²) in [6.45, 7) is 5.33. The van der Waals surface area contributed by atoms with Crippen LogP contribution < -0.4 is 10.6 Å². The summed E-state index contributed by atoms with van der Waals surface area (Å²) in [6, 6.07) is 12.9. The highest BCUT2D eigenvalue weighted by molar-refractivity contribution is 5.73. The van der Waals surface area contributed by atoms with E-state index in [1.165, 1.54) is 19.1 Å². The van der Waals surface area contributed by atoms with Crippen LogP contribution in [0.2, 0.25) is 0 Å². The number of hydrogen-bond acceptors (Lipinski definition) is 4. The molecule has 188 valence electrons. The highest BCUT2D eigenvalue weighted by Crippen LogP contribution is 2.38. The molecule has 1 aliphatic rings. The third-order valence-electron chi connectivity index (χ3n) is 7.00. The van der Waals surface area contributed by atoms with Gasteiger partial charge in [-0.3, -0.25) is 4.79 Å². The molecule has 1 fully saturated rings. The van der Waals surface area contributed by atoms with E-state index in [-0.39, 0.29) is 24.4 Å². The van der Waals surface area contributed by atoms with E-state index in [0.29, 0.717) is 5.56 Å². The molecule has 2 aromatic carbocycles. The van der Waals surface area contributed by atoms with Crippen LogP contribution in [0.3, 0.4) is 0 Å². The zero-order chi connectivity index (χ0) is 25.6. The molecule has 1 amide bonds. The molecule has 0 unspecified atom stereocenters. The van der Waals surface area contributed by atoms with Gasteiger partial charge in [0.15, 0.2) is 0 Å². The molecule has 5 nitrogen and oxygen atoms in total. The van der Waals surface area contributed by atoms with Crippen LogP contribution in [0.15, 0.2) is 42.5 Å². The maximum atomic E-state index is 13.7. The van der Waals surface area contributed by atoms with Crippen LogP contribution in [-0.2, 0) is 22.2 Å². The molecular formula is C28H35F2N3O2. The lowest BCUT2D eigenvalue weighted by Crippen LogP contribution is -2.53. The zero-order valence-electron chi connectivity index (χ0n) is 20.7. The van der Waals surface area contributed by atoms with Gasteiger partial charge in [0, 0.05) is 25.1 Å². The first-order chi connectivity index (χ1) is 16.5. The van der Waals surface area contributed by atoms with Gasteiger partial charge >= 0.3 is 0 Å². The van der Waals surface area contributed by atoms with Crippen LogP contribution in [0, 0.1) is 23.0 Å². The van der Waals surface area contributed by atoms with Crippen molar-refractivity contribution in [3.05, 3.63) is 70.8 Å². The molecule has 3 rings (SSSR count). The van der Waals surface area contributed by atoms with Crippen LogP contribution in [0.4, 0.5) is 8.78 Å². The third kappa shape index (κ3) is 6.87. The molecule has 3 N–H and O–H groups in total. The Hall–Kier alpha value is -2.82. The summed E-state index contributed by atoms with van der Waals surface area (Å²) in [6.07, 6.45) is 4.08. The highest BCUT2D eigenvalue weighted by Gasteiger charge is 2.36. The van der Waals surface area contributed by atoms with E-state index in [1.54, 1.807) is 0 Å². The molecule has 2 atom stereocenters. The molecule has 0 saturated heterocycles. The van der Waals surface area contributed by atoms with Crippen LogP contribution in [0.25, 0.3) is 0 Å². The molecule has 1 saturated carbocycles. The van der Waals surface area contributed by atoms with Gasteiger partial charge in [0.25, 0.3) is 0 Å². The van der Waals surface area contributed by atoms with Crippen molar-refractivity contribution >= 4 is 5.91 Å². The van der Waals surface area contributed by atoms with Gasteiger partial charge in [0.2, 0.25) is 5.91 Å². The minimum atomic E-state index is -0.984. The standard InChI is InChI=1S/C28H35F2N3O2/c1-19(34)33-25(14-20-12-23(29)16-24(30)13-20)26(35)17-32-28(10-5-4-6-11-28)22-9-7-8-21(15-22)27(2,3)18-31/h7-9,12-13,15-16,25-26,32,35H,4-6,10-11,14,17H2,1-3H3,(H,33,34)/t25-,26+/m0/s1. The number of nitrogens with one attached hydrogen (secondary N) is 2. The van der Waals surface area contributed by atoms with Gasteiger partial charge in [-0.15, -0.1) is 0 Å². The number of amides is 1. The predicted octanol–water partition coefficient (Wildman–Crippen LogP) is 4.62. The fraction of sp³-hybridized carbons (Fsp3) is 0.500. The second-order valence-corrected chi connectivity index (χ2v) is 10.2. The Balaban J connectivity index is 1.82. The fourth-order valence-electron chi connectivity index (χ4n) is 4.96. The highest BCUT2D eigenvalue weighted by atomic mass is 19.1. The van der Waals surface area contributed by atoms with Gasteiger partial charge < -0.3 is 15.7 Å². The number of benzene rings is 2. The van der Waals surface area contributed by atoms with Gasteiger partial charge in [-0.2, -0.15) is 5.26 Å². The normalized spacial score (nSPS) is 17.3. The lowest BCUT2D eigenvalue weighted by molar-refractivity contribution is -0.120. The first-order valence-corrected chi connectivity index (χ1v) is 12.2. The zero-order valence-corrected chi connectivity index (χ0v) is 20.7. The lowest BCUT2D eigenvalue weighted by Gasteiger charge is -2.41. The van der Waals surface area contributed by atoms with Crippen LogP contribution in [-0.4, -0.2) is 29.7 Å². The van der Waals surface area contributed by atoms with Gasteiger partial charge in [0.1, 0.15) is 11.6 Å². The SMILES string of the molecule is CC(=O)N[C@@H](Cc1cc(F)cc(F)c1)[C@H](O)CNC1(c2cccc(C(C)(C)C#N)c2)CCCCC1.